The van der Waals surface area contributed by atoms with E-state index in [1.807, 2.05) is 68.4 Å². The zero-order valence-electron chi connectivity index (χ0n) is 23.1. The summed E-state index contributed by atoms with van der Waals surface area (Å²) in [5, 5.41) is 11.5. The molecule has 1 N–H and O–H groups in total. The Morgan fingerprint density at radius 3 is 2.23 bits per heavy atom. The lowest BCUT2D eigenvalue weighted by Crippen LogP contribution is -2.29. The van der Waals surface area contributed by atoms with Crippen molar-refractivity contribution in [2.45, 2.75) is 46.6 Å². The van der Waals surface area contributed by atoms with E-state index in [0.29, 0.717) is 23.8 Å². The SMILES string of the molecule is Cc1cc(/C(O)=C2\C(=O)C(=O)N(c3ccc(N4CCCC4)cc3)C2c2ccccc2C)ccc1OCC(C)C. The van der Waals surface area contributed by atoms with Crippen molar-refractivity contribution in [3.05, 3.63) is 94.6 Å². The molecule has 0 aromatic heterocycles. The second-order valence-corrected chi connectivity index (χ2v) is 10.9. The van der Waals surface area contributed by atoms with E-state index in [9.17, 15) is 14.7 Å². The Labute approximate surface area is 230 Å². The number of amides is 1. The molecule has 2 aliphatic heterocycles. The summed E-state index contributed by atoms with van der Waals surface area (Å²) in [7, 11) is 0. The number of aliphatic hydroxyl groups excluding tert-OH is 1. The fourth-order valence-corrected chi connectivity index (χ4v) is 5.46. The van der Waals surface area contributed by atoms with Gasteiger partial charge in [0, 0.05) is 30.0 Å². The quantitative estimate of drug-likeness (QED) is 0.215. The second kappa shape index (κ2) is 11.0. The highest BCUT2D eigenvalue weighted by atomic mass is 16.5. The molecule has 0 saturated carbocycles. The molecule has 0 radical (unpaired) electrons. The van der Waals surface area contributed by atoms with E-state index in [-0.39, 0.29) is 11.3 Å². The average molecular weight is 525 g/mol. The van der Waals surface area contributed by atoms with E-state index in [1.165, 1.54) is 17.7 Å². The van der Waals surface area contributed by atoms with Crippen LogP contribution in [-0.4, -0.2) is 36.5 Å². The third-order valence-electron chi connectivity index (χ3n) is 7.55. The van der Waals surface area contributed by atoms with Crippen LogP contribution in [0.15, 0.2) is 72.3 Å². The molecule has 5 rings (SSSR count). The number of Topliss-reactive ketones (excluding diaryl/α,β-unsaturated/α-hetero) is 1. The van der Waals surface area contributed by atoms with Crippen molar-refractivity contribution in [3.8, 4) is 5.75 Å². The molecule has 3 aromatic rings. The maximum Gasteiger partial charge on any atom is 0.300 e. The van der Waals surface area contributed by atoms with Gasteiger partial charge >= 0.3 is 0 Å². The van der Waals surface area contributed by atoms with Crippen LogP contribution in [0.1, 0.15) is 55.0 Å². The lowest BCUT2D eigenvalue weighted by atomic mass is 9.92. The summed E-state index contributed by atoms with van der Waals surface area (Å²) in [6.45, 7) is 10.7. The molecule has 2 saturated heterocycles. The number of carbonyl (C=O) groups is 2. The highest BCUT2D eigenvalue weighted by Gasteiger charge is 2.47. The van der Waals surface area contributed by atoms with Gasteiger partial charge in [-0.25, -0.2) is 0 Å². The van der Waals surface area contributed by atoms with E-state index in [0.717, 1.165) is 41.2 Å². The summed E-state index contributed by atoms with van der Waals surface area (Å²) < 4.78 is 5.89. The number of rotatable bonds is 7. The Morgan fingerprint density at radius 1 is 0.923 bits per heavy atom. The lowest BCUT2D eigenvalue weighted by molar-refractivity contribution is -0.132. The normalized spacial score (nSPS) is 18.8. The minimum Gasteiger partial charge on any atom is -0.507 e. The first kappa shape index (κ1) is 26.5. The van der Waals surface area contributed by atoms with Crippen LogP contribution < -0.4 is 14.5 Å². The largest absolute Gasteiger partial charge is 0.507 e. The predicted octanol–water partition coefficient (Wildman–Crippen LogP) is 6.56. The maximum absolute atomic E-state index is 13.6. The van der Waals surface area contributed by atoms with Crippen LogP contribution in [0.4, 0.5) is 11.4 Å². The van der Waals surface area contributed by atoms with Gasteiger partial charge in [0.25, 0.3) is 11.7 Å². The molecule has 2 heterocycles. The Morgan fingerprint density at radius 2 is 1.59 bits per heavy atom. The number of ketones is 1. The van der Waals surface area contributed by atoms with E-state index in [4.69, 9.17) is 4.74 Å². The van der Waals surface area contributed by atoms with Crippen LogP contribution in [0.25, 0.3) is 5.76 Å². The highest BCUT2D eigenvalue weighted by molar-refractivity contribution is 6.51. The van der Waals surface area contributed by atoms with Crippen molar-refractivity contribution in [2.75, 3.05) is 29.5 Å². The highest BCUT2D eigenvalue weighted by Crippen LogP contribution is 2.43. The van der Waals surface area contributed by atoms with Crippen molar-refractivity contribution < 1.29 is 19.4 Å². The first-order chi connectivity index (χ1) is 18.8. The minimum atomic E-state index is -0.749. The number of hydrogen-bond acceptors (Lipinski definition) is 5. The van der Waals surface area contributed by atoms with E-state index in [2.05, 4.69) is 18.7 Å². The molecular weight excluding hydrogens is 488 g/mol. The third-order valence-corrected chi connectivity index (χ3v) is 7.55. The summed E-state index contributed by atoms with van der Waals surface area (Å²) in [4.78, 5) is 31.0. The first-order valence-corrected chi connectivity index (χ1v) is 13.7. The Kier molecular flexibility index (Phi) is 7.47. The Balaban J connectivity index is 1.59. The number of anilines is 2. The second-order valence-electron chi connectivity index (χ2n) is 10.9. The van der Waals surface area contributed by atoms with E-state index >= 15 is 0 Å². The van der Waals surface area contributed by atoms with Gasteiger partial charge in [0.05, 0.1) is 18.2 Å². The van der Waals surface area contributed by atoms with Crippen molar-refractivity contribution in [2.24, 2.45) is 5.92 Å². The van der Waals surface area contributed by atoms with Gasteiger partial charge in [-0.2, -0.15) is 0 Å². The van der Waals surface area contributed by atoms with Gasteiger partial charge in [0.1, 0.15) is 11.5 Å². The number of aryl methyl sites for hydroxylation is 2. The van der Waals surface area contributed by atoms with Gasteiger partial charge in [-0.05, 0) is 91.8 Å². The van der Waals surface area contributed by atoms with Gasteiger partial charge in [-0.3, -0.25) is 14.5 Å². The molecule has 1 unspecified atom stereocenters. The predicted molar refractivity (Wildman–Crippen MR) is 155 cm³/mol. The molecule has 2 aliphatic rings. The van der Waals surface area contributed by atoms with Gasteiger partial charge < -0.3 is 14.7 Å². The summed E-state index contributed by atoms with van der Waals surface area (Å²) >= 11 is 0. The molecule has 2 fully saturated rings. The lowest BCUT2D eigenvalue weighted by Gasteiger charge is -2.27. The van der Waals surface area contributed by atoms with Gasteiger partial charge in [-0.1, -0.05) is 38.1 Å². The number of benzene rings is 3. The molecule has 0 bridgehead atoms. The number of aliphatic hydroxyl groups is 1. The number of nitrogens with zero attached hydrogens (tertiary/aromatic N) is 2. The number of ether oxygens (including phenoxy) is 1. The molecule has 6 nitrogen and oxygen atoms in total. The molecule has 1 amide bonds. The number of carbonyl (C=O) groups excluding carboxylic acids is 2. The monoisotopic (exact) mass is 524 g/mol. The molecule has 6 heteroatoms. The van der Waals surface area contributed by atoms with Crippen LogP contribution in [0, 0.1) is 19.8 Å². The van der Waals surface area contributed by atoms with Crippen molar-refractivity contribution in [1.29, 1.82) is 0 Å². The fourth-order valence-electron chi connectivity index (χ4n) is 5.46. The molecule has 202 valence electrons. The zero-order chi connectivity index (χ0) is 27.7. The first-order valence-electron chi connectivity index (χ1n) is 13.7. The van der Waals surface area contributed by atoms with Crippen molar-refractivity contribution in [3.63, 3.8) is 0 Å². The van der Waals surface area contributed by atoms with Crippen LogP contribution in [0.5, 0.6) is 5.75 Å². The number of hydrogen-bond donors (Lipinski definition) is 1. The minimum absolute atomic E-state index is 0.0909. The fraction of sp³-hybridized carbons (Fsp3) is 0.333. The van der Waals surface area contributed by atoms with Crippen LogP contribution in [-0.2, 0) is 9.59 Å². The van der Waals surface area contributed by atoms with Crippen LogP contribution in [0.2, 0.25) is 0 Å². The smallest absolute Gasteiger partial charge is 0.300 e. The van der Waals surface area contributed by atoms with E-state index in [1.54, 1.807) is 12.1 Å². The van der Waals surface area contributed by atoms with Gasteiger partial charge in [0.15, 0.2) is 0 Å². The van der Waals surface area contributed by atoms with Crippen molar-refractivity contribution >= 4 is 28.8 Å². The molecule has 39 heavy (non-hydrogen) atoms. The molecular formula is C33H36N2O4. The zero-order valence-corrected chi connectivity index (χ0v) is 23.1. The van der Waals surface area contributed by atoms with Crippen LogP contribution >= 0.6 is 0 Å². The van der Waals surface area contributed by atoms with Gasteiger partial charge in [0.2, 0.25) is 0 Å². The average Bonchev–Trinajstić information content (AvgIpc) is 3.55. The maximum atomic E-state index is 13.6. The molecule has 3 aromatic carbocycles. The van der Waals surface area contributed by atoms with E-state index < -0.39 is 17.7 Å². The summed E-state index contributed by atoms with van der Waals surface area (Å²) in [5.74, 6) is -0.410. The van der Waals surface area contributed by atoms with Crippen LogP contribution in [0.3, 0.4) is 0 Å². The molecule has 0 spiro atoms. The summed E-state index contributed by atoms with van der Waals surface area (Å²) in [5.41, 5.74) is 4.88. The Bertz CT molecular complexity index is 1420. The standard InChI is InChI=1S/C33H36N2O4/c1-21(2)20-39-28-16-11-24(19-23(28)4)31(36)29-30(27-10-6-5-9-22(27)3)35(33(38)32(29)37)26-14-12-25(13-15-26)34-17-7-8-18-34/h5-6,9-16,19,21,30,36H,7-8,17-18,20H2,1-4H3/b31-29+. The van der Waals surface area contributed by atoms with Gasteiger partial charge in [-0.15, -0.1) is 0 Å². The third kappa shape index (κ3) is 5.16. The van der Waals surface area contributed by atoms with Crippen molar-refractivity contribution in [1.82, 2.24) is 0 Å². The molecule has 0 aliphatic carbocycles. The summed E-state index contributed by atoms with van der Waals surface area (Å²) in [6, 6.07) is 20.1. The Hall–Kier alpha value is -4.06. The molecule has 1 atom stereocenters. The topological polar surface area (TPSA) is 70.1 Å². The summed E-state index contributed by atoms with van der Waals surface area (Å²) in [6.07, 6.45) is 2.35.